The van der Waals surface area contributed by atoms with Gasteiger partial charge < -0.3 is 20.1 Å². The Bertz CT molecular complexity index is 686. The van der Waals surface area contributed by atoms with E-state index in [0.29, 0.717) is 42.0 Å². The van der Waals surface area contributed by atoms with Gasteiger partial charge in [0, 0.05) is 38.8 Å². The van der Waals surface area contributed by atoms with Crippen molar-refractivity contribution in [2.75, 3.05) is 39.9 Å². The molecule has 0 radical (unpaired) electrons. The molecule has 2 heterocycles. The van der Waals surface area contributed by atoms with Gasteiger partial charge in [-0.15, -0.1) is 24.0 Å². The van der Waals surface area contributed by atoms with Crippen LogP contribution < -0.4 is 20.1 Å². The van der Waals surface area contributed by atoms with Crippen LogP contribution in [0.3, 0.4) is 0 Å². The van der Waals surface area contributed by atoms with Gasteiger partial charge in [0.25, 0.3) is 0 Å². The predicted molar refractivity (Wildman–Crippen MR) is 126 cm³/mol. The standard InChI is InChI=1S/C20H31ClN4O2.HI/c1-13(2)25-11-14(3)17(12-25)24-20(22-4)23-6-5-15-9-16(21)19-18(10-15)26-7-8-27-19;/h9-10,13-14,17H,5-8,11-12H2,1-4H3,(H2,22,23,24);1H. The van der Waals surface area contributed by atoms with Crippen molar-refractivity contribution in [3.63, 3.8) is 0 Å². The first kappa shape index (κ1) is 23.3. The summed E-state index contributed by atoms with van der Waals surface area (Å²) in [6.45, 7) is 10.9. The number of rotatable bonds is 5. The highest BCUT2D eigenvalue weighted by Gasteiger charge is 2.31. The molecule has 0 amide bonds. The molecule has 3 rings (SSSR count). The molecule has 1 fully saturated rings. The van der Waals surface area contributed by atoms with Gasteiger partial charge in [0.15, 0.2) is 17.5 Å². The molecule has 1 aromatic rings. The van der Waals surface area contributed by atoms with E-state index in [1.807, 2.05) is 19.2 Å². The summed E-state index contributed by atoms with van der Waals surface area (Å²) in [5, 5.41) is 7.60. The van der Waals surface area contributed by atoms with Crippen molar-refractivity contribution >= 4 is 41.5 Å². The van der Waals surface area contributed by atoms with E-state index in [4.69, 9.17) is 21.1 Å². The Morgan fingerprint density at radius 2 is 2.04 bits per heavy atom. The Morgan fingerprint density at radius 1 is 1.29 bits per heavy atom. The molecular weight excluding hydrogens is 491 g/mol. The molecule has 2 aliphatic rings. The zero-order chi connectivity index (χ0) is 19.4. The quantitative estimate of drug-likeness (QED) is 0.353. The fourth-order valence-corrected chi connectivity index (χ4v) is 3.91. The molecule has 2 aliphatic heterocycles. The fraction of sp³-hybridized carbons (Fsp3) is 0.650. The van der Waals surface area contributed by atoms with Crippen LogP contribution in [0.5, 0.6) is 11.5 Å². The van der Waals surface area contributed by atoms with Crippen LogP contribution in [-0.2, 0) is 6.42 Å². The summed E-state index contributed by atoms with van der Waals surface area (Å²) < 4.78 is 11.2. The van der Waals surface area contributed by atoms with Crippen LogP contribution in [0.15, 0.2) is 17.1 Å². The lowest BCUT2D eigenvalue weighted by atomic mass is 10.1. The number of halogens is 2. The van der Waals surface area contributed by atoms with Crippen LogP contribution in [0.2, 0.25) is 5.02 Å². The molecule has 0 spiro atoms. The van der Waals surface area contributed by atoms with Gasteiger partial charge in [-0.25, -0.2) is 0 Å². The molecule has 1 saturated heterocycles. The minimum absolute atomic E-state index is 0. The van der Waals surface area contributed by atoms with Crippen molar-refractivity contribution in [2.45, 2.75) is 39.3 Å². The van der Waals surface area contributed by atoms with E-state index in [1.54, 1.807) is 0 Å². The third kappa shape index (κ3) is 5.79. The second-order valence-electron chi connectivity index (χ2n) is 7.63. The van der Waals surface area contributed by atoms with E-state index in [2.05, 4.69) is 41.3 Å². The van der Waals surface area contributed by atoms with Gasteiger partial charge in [0.1, 0.15) is 13.2 Å². The first-order valence-electron chi connectivity index (χ1n) is 9.77. The molecule has 2 unspecified atom stereocenters. The molecule has 0 aromatic heterocycles. The summed E-state index contributed by atoms with van der Waals surface area (Å²) in [7, 11) is 1.82. The average Bonchev–Trinajstić information content (AvgIpc) is 3.02. The van der Waals surface area contributed by atoms with E-state index >= 15 is 0 Å². The third-order valence-electron chi connectivity index (χ3n) is 5.28. The number of nitrogens with one attached hydrogen (secondary N) is 2. The van der Waals surface area contributed by atoms with Gasteiger partial charge in [0.2, 0.25) is 0 Å². The minimum Gasteiger partial charge on any atom is -0.486 e. The number of ether oxygens (including phenoxy) is 2. The molecule has 1 aromatic carbocycles. The van der Waals surface area contributed by atoms with Crippen LogP contribution in [0.1, 0.15) is 26.3 Å². The number of nitrogens with zero attached hydrogens (tertiary/aromatic N) is 2. The second-order valence-corrected chi connectivity index (χ2v) is 8.03. The molecule has 8 heteroatoms. The molecule has 28 heavy (non-hydrogen) atoms. The Kier molecular flexibility index (Phi) is 8.95. The fourth-order valence-electron chi connectivity index (χ4n) is 3.62. The van der Waals surface area contributed by atoms with Gasteiger partial charge in [-0.2, -0.15) is 0 Å². The van der Waals surface area contributed by atoms with Crippen molar-refractivity contribution in [3.8, 4) is 11.5 Å². The number of benzene rings is 1. The van der Waals surface area contributed by atoms with E-state index in [1.165, 1.54) is 0 Å². The largest absolute Gasteiger partial charge is 0.486 e. The summed E-state index contributed by atoms with van der Waals surface area (Å²) in [6, 6.07) is 4.96. The highest BCUT2D eigenvalue weighted by atomic mass is 127. The topological polar surface area (TPSA) is 58.1 Å². The average molecular weight is 523 g/mol. The monoisotopic (exact) mass is 522 g/mol. The predicted octanol–water partition coefficient (Wildman–Crippen LogP) is 3.17. The van der Waals surface area contributed by atoms with Gasteiger partial charge in [0.05, 0.1) is 5.02 Å². The van der Waals surface area contributed by atoms with Crippen molar-refractivity contribution in [2.24, 2.45) is 10.9 Å². The molecule has 0 saturated carbocycles. The van der Waals surface area contributed by atoms with Crippen LogP contribution in [-0.4, -0.2) is 62.8 Å². The summed E-state index contributed by atoms with van der Waals surface area (Å²) >= 11 is 6.32. The minimum atomic E-state index is 0. The maximum absolute atomic E-state index is 6.32. The first-order valence-corrected chi connectivity index (χ1v) is 10.1. The third-order valence-corrected chi connectivity index (χ3v) is 5.56. The second kappa shape index (κ2) is 10.7. The van der Waals surface area contributed by atoms with Crippen LogP contribution >= 0.6 is 35.6 Å². The van der Waals surface area contributed by atoms with Crippen LogP contribution in [0.25, 0.3) is 0 Å². The van der Waals surface area contributed by atoms with Gasteiger partial charge >= 0.3 is 0 Å². The molecule has 0 bridgehead atoms. The van der Waals surface area contributed by atoms with E-state index < -0.39 is 0 Å². The Balaban J connectivity index is 0.00000280. The first-order chi connectivity index (χ1) is 13.0. The molecular formula is C20H32ClIN4O2. The van der Waals surface area contributed by atoms with Gasteiger partial charge in [-0.05, 0) is 43.9 Å². The normalized spacial score (nSPS) is 22.1. The molecule has 2 N–H and O–H groups in total. The van der Waals surface area contributed by atoms with Crippen molar-refractivity contribution in [1.82, 2.24) is 15.5 Å². The van der Waals surface area contributed by atoms with Gasteiger partial charge in [-0.3, -0.25) is 9.89 Å². The van der Waals surface area contributed by atoms with Crippen molar-refractivity contribution < 1.29 is 9.47 Å². The maximum atomic E-state index is 6.32. The summed E-state index contributed by atoms with van der Waals surface area (Å²) in [6.07, 6.45) is 0.829. The number of aliphatic imine (C=N–C) groups is 1. The lowest BCUT2D eigenvalue weighted by Gasteiger charge is -2.22. The highest BCUT2D eigenvalue weighted by molar-refractivity contribution is 14.0. The number of hydrogen-bond acceptors (Lipinski definition) is 4. The van der Waals surface area contributed by atoms with E-state index in [-0.39, 0.29) is 24.0 Å². The molecule has 6 nitrogen and oxygen atoms in total. The number of likely N-dealkylation sites (tertiary alicyclic amines) is 1. The summed E-state index contributed by atoms with van der Waals surface area (Å²) in [4.78, 5) is 6.89. The lowest BCUT2D eigenvalue weighted by Crippen LogP contribution is -2.47. The molecule has 158 valence electrons. The van der Waals surface area contributed by atoms with Crippen LogP contribution in [0, 0.1) is 5.92 Å². The zero-order valence-electron chi connectivity index (χ0n) is 17.1. The Morgan fingerprint density at radius 3 is 2.71 bits per heavy atom. The summed E-state index contributed by atoms with van der Waals surface area (Å²) in [5.74, 6) is 2.84. The van der Waals surface area contributed by atoms with Crippen LogP contribution in [0.4, 0.5) is 0 Å². The van der Waals surface area contributed by atoms with Gasteiger partial charge in [-0.1, -0.05) is 18.5 Å². The van der Waals surface area contributed by atoms with Crippen molar-refractivity contribution in [1.29, 1.82) is 0 Å². The summed E-state index contributed by atoms with van der Waals surface area (Å²) in [5.41, 5.74) is 1.12. The Labute approximate surface area is 190 Å². The number of hydrogen-bond donors (Lipinski definition) is 2. The highest BCUT2D eigenvalue weighted by Crippen LogP contribution is 2.38. The van der Waals surface area contributed by atoms with E-state index in [0.717, 1.165) is 43.3 Å². The zero-order valence-corrected chi connectivity index (χ0v) is 20.2. The van der Waals surface area contributed by atoms with E-state index in [9.17, 15) is 0 Å². The molecule has 0 aliphatic carbocycles. The van der Waals surface area contributed by atoms with Crippen molar-refractivity contribution in [3.05, 3.63) is 22.7 Å². The SMILES string of the molecule is CN=C(NCCc1cc(Cl)c2c(c1)OCCO2)NC1CN(C(C)C)CC1C.I. The smallest absolute Gasteiger partial charge is 0.191 e. The lowest BCUT2D eigenvalue weighted by molar-refractivity contribution is 0.171. The number of guanidine groups is 1. The molecule has 2 atom stereocenters. The number of fused-ring (bicyclic) bond motifs is 1. The Hall–Kier alpha value is -0.930. The maximum Gasteiger partial charge on any atom is 0.191 e.